The van der Waals surface area contributed by atoms with E-state index in [0.29, 0.717) is 12.8 Å². The van der Waals surface area contributed by atoms with Crippen molar-refractivity contribution >= 4 is 16.0 Å². The molecule has 1 amide bonds. The molecule has 288 valence electrons. The number of allylic oxidation sites excluding steroid dienone is 17. The van der Waals surface area contributed by atoms with Gasteiger partial charge in [-0.2, -0.15) is 8.42 Å². The third kappa shape index (κ3) is 38.1. The van der Waals surface area contributed by atoms with Crippen molar-refractivity contribution in [3.8, 4) is 0 Å². The minimum Gasteiger partial charge on any atom is -0.387 e. The van der Waals surface area contributed by atoms with Crippen molar-refractivity contribution in [1.29, 1.82) is 0 Å². The topological polar surface area (TPSA) is 104 Å². The van der Waals surface area contributed by atoms with E-state index in [2.05, 4.69) is 116 Å². The Bertz CT molecular complexity index is 1200. The van der Waals surface area contributed by atoms with E-state index in [4.69, 9.17) is 0 Å². The zero-order valence-electron chi connectivity index (χ0n) is 31.9. The van der Waals surface area contributed by atoms with Crippen LogP contribution in [-0.2, 0) is 14.9 Å². The summed E-state index contributed by atoms with van der Waals surface area (Å²) in [4.78, 5) is 12.5. The van der Waals surface area contributed by atoms with Crippen molar-refractivity contribution in [1.82, 2.24) is 5.32 Å². The van der Waals surface area contributed by atoms with Crippen LogP contribution in [0.2, 0.25) is 0 Å². The molecule has 0 rings (SSSR count). The van der Waals surface area contributed by atoms with Crippen molar-refractivity contribution < 1.29 is 22.9 Å². The second-order valence-corrected chi connectivity index (χ2v) is 14.3. The minimum atomic E-state index is -4.38. The van der Waals surface area contributed by atoms with E-state index in [0.717, 1.165) is 77.0 Å². The molecular formula is C44H71NO5S. The van der Waals surface area contributed by atoms with Crippen molar-refractivity contribution in [3.05, 3.63) is 109 Å². The van der Waals surface area contributed by atoms with Crippen LogP contribution in [0.5, 0.6) is 0 Å². The Morgan fingerprint density at radius 3 is 1.45 bits per heavy atom. The molecule has 2 atom stereocenters. The highest BCUT2D eigenvalue weighted by Crippen LogP contribution is 2.08. The van der Waals surface area contributed by atoms with Crippen molar-refractivity contribution in [2.45, 2.75) is 154 Å². The lowest BCUT2D eigenvalue weighted by molar-refractivity contribution is -0.122. The Balaban J connectivity index is 4.16. The number of carbonyl (C=O) groups excluding carboxylic acids is 1. The number of hydrogen-bond acceptors (Lipinski definition) is 4. The first kappa shape index (κ1) is 48.0. The third-order valence-electron chi connectivity index (χ3n) is 7.91. The van der Waals surface area contributed by atoms with E-state index in [1.807, 2.05) is 0 Å². The SMILES string of the molecule is CC/C=C\C/C=C\C/C=C\C/C=C\C/C=C\C/C=C\CCCCC(=O)NC(CS(=O)(=O)O)C(O)/C=C/CC/C=C/CC/C=C/CCCCCCC. The summed E-state index contributed by atoms with van der Waals surface area (Å²) in [5, 5.41) is 13.1. The Hall–Kier alpha value is -3.00. The standard InChI is InChI=1S/C44H71NO5S/c1-3-5-7-9-11-13-15-17-19-20-21-22-23-24-26-28-30-32-34-36-38-40-44(47)45-42(41-51(48,49)50)43(46)39-37-35-33-31-29-27-25-18-16-14-12-10-8-6-4-2/h5,7,11,13,16-19,21-22,24,26,29-32,37,39,42-43,46H,3-4,6,8-10,12,14-15,20,23,25,27-28,33-36,38,40-41H2,1-2H3,(H,45,47)(H,48,49,50)/b7-5-,13-11-,18-16+,19-17-,22-21-,26-24-,31-29+,32-30-,39-37+. The summed E-state index contributed by atoms with van der Waals surface area (Å²) in [7, 11) is -4.38. The highest BCUT2D eigenvalue weighted by atomic mass is 32.2. The quantitative estimate of drug-likeness (QED) is 0.0355. The van der Waals surface area contributed by atoms with Gasteiger partial charge >= 0.3 is 0 Å². The highest BCUT2D eigenvalue weighted by molar-refractivity contribution is 7.85. The predicted molar refractivity (Wildman–Crippen MR) is 220 cm³/mol. The largest absolute Gasteiger partial charge is 0.387 e. The molecule has 0 saturated carbocycles. The normalized spacial score (nSPS) is 14.5. The Kier molecular flexibility index (Phi) is 34.6. The molecule has 51 heavy (non-hydrogen) atoms. The third-order valence-corrected chi connectivity index (χ3v) is 8.69. The Morgan fingerprint density at radius 1 is 0.549 bits per heavy atom. The van der Waals surface area contributed by atoms with Crippen LogP contribution in [0.1, 0.15) is 142 Å². The van der Waals surface area contributed by atoms with Gasteiger partial charge in [-0.25, -0.2) is 0 Å². The predicted octanol–water partition coefficient (Wildman–Crippen LogP) is 11.6. The molecule has 0 bridgehead atoms. The number of aliphatic hydroxyl groups is 1. The lowest BCUT2D eigenvalue weighted by atomic mass is 10.1. The molecule has 3 N–H and O–H groups in total. The summed E-state index contributed by atoms with van der Waals surface area (Å²) >= 11 is 0. The molecule has 2 unspecified atom stereocenters. The average Bonchev–Trinajstić information content (AvgIpc) is 3.09. The van der Waals surface area contributed by atoms with Crippen LogP contribution >= 0.6 is 0 Å². The Morgan fingerprint density at radius 2 is 0.961 bits per heavy atom. The summed E-state index contributed by atoms with van der Waals surface area (Å²) < 4.78 is 32.4. The van der Waals surface area contributed by atoms with Crippen molar-refractivity contribution in [2.24, 2.45) is 0 Å². The first-order chi connectivity index (χ1) is 24.8. The lowest BCUT2D eigenvalue weighted by Gasteiger charge is -2.21. The van der Waals surface area contributed by atoms with Gasteiger partial charge in [0.1, 0.15) is 0 Å². The van der Waals surface area contributed by atoms with Gasteiger partial charge in [-0.3, -0.25) is 9.35 Å². The molecular weight excluding hydrogens is 655 g/mol. The summed E-state index contributed by atoms with van der Waals surface area (Å²) in [6.07, 6.45) is 56.4. The molecule has 0 aromatic heterocycles. The zero-order valence-corrected chi connectivity index (χ0v) is 32.7. The number of aliphatic hydroxyl groups excluding tert-OH is 1. The fraction of sp³-hybridized carbons (Fsp3) is 0.568. The van der Waals surface area contributed by atoms with E-state index in [9.17, 15) is 22.9 Å². The monoisotopic (exact) mass is 726 g/mol. The van der Waals surface area contributed by atoms with Crippen LogP contribution in [-0.4, -0.2) is 41.9 Å². The first-order valence-corrected chi connectivity index (χ1v) is 21.2. The maximum atomic E-state index is 12.5. The lowest BCUT2D eigenvalue weighted by Crippen LogP contribution is -2.46. The van der Waals surface area contributed by atoms with Crippen LogP contribution < -0.4 is 5.32 Å². The van der Waals surface area contributed by atoms with Gasteiger partial charge in [-0.05, 0) is 96.3 Å². The molecule has 0 aromatic rings. The average molecular weight is 726 g/mol. The summed E-state index contributed by atoms with van der Waals surface area (Å²) in [5.41, 5.74) is 0. The summed E-state index contributed by atoms with van der Waals surface area (Å²) in [5.74, 6) is -1.08. The van der Waals surface area contributed by atoms with Gasteiger partial charge in [-0.1, -0.05) is 149 Å². The molecule has 6 nitrogen and oxygen atoms in total. The molecule has 0 aromatic carbocycles. The number of carbonyl (C=O) groups is 1. The van der Waals surface area contributed by atoms with Crippen LogP contribution in [0.3, 0.4) is 0 Å². The highest BCUT2D eigenvalue weighted by Gasteiger charge is 2.24. The zero-order chi connectivity index (χ0) is 37.5. The van der Waals surface area contributed by atoms with Gasteiger partial charge in [0.15, 0.2) is 0 Å². The van der Waals surface area contributed by atoms with Gasteiger partial charge in [0.25, 0.3) is 10.1 Å². The molecule has 0 aliphatic carbocycles. The molecule has 0 heterocycles. The Labute approximate surface area is 312 Å². The molecule has 0 aliphatic rings. The van der Waals surface area contributed by atoms with E-state index >= 15 is 0 Å². The van der Waals surface area contributed by atoms with Crippen molar-refractivity contribution in [2.75, 3.05) is 5.75 Å². The van der Waals surface area contributed by atoms with Crippen LogP contribution in [0.15, 0.2) is 109 Å². The fourth-order valence-corrected chi connectivity index (χ4v) is 5.74. The smallest absolute Gasteiger partial charge is 0.267 e. The van der Waals surface area contributed by atoms with Gasteiger partial charge in [-0.15, -0.1) is 0 Å². The molecule has 0 aliphatic heterocycles. The maximum Gasteiger partial charge on any atom is 0.267 e. The van der Waals surface area contributed by atoms with E-state index in [1.165, 1.54) is 38.2 Å². The van der Waals surface area contributed by atoms with E-state index in [1.54, 1.807) is 6.08 Å². The van der Waals surface area contributed by atoms with Crippen LogP contribution in [0, 0.1) is 0 Å². The van der Waals surface area contributed by atoms with Gasteiger partial charge < -0.3 is 10.4 Å². The second-order valence-electron chi connectivity index (χ2n) is 12.8. The number of unbranched alkanes of at least 4 members (excludes halogenated alkanes) is 9. The van der Waals surface area contributed by atoms with Crippen LogP contribution in [0.25, 0.3) is 0 Å². The fourth-order valence-electron chi connectivity index (χ4n) is 5.01. The van der Waals surface area contributed by atoms with Crippen molar-refractivity contribution in [3.63, 3.8) is 0 Å². The van der Waals surface area contributed by atoms with Gasteiger partial charge in [0, 0.05) is 6.42 Å². The number of rotatable bonds is 33. The molecule has 0 radical (unpaired) electrons. The molecule has 0 saturated heterocycles. The summed E-state index contributed by atoms with van der Waals surface area (Å²) in [6.45, 7) is 4.38. The van der Waals surface area contributed by atoms with E-state index in [-0.39, 0.29) is 12.3 Å². The van der Waals surface area contributed by atoms with E-state index < -0.39 is 28.0 Å². The number of nitrogens with one attached hydrogen (secondary N) is 1. The minimum absolute atomic E-state index is 0.222. The second kappa shape index (κ2) is 36.8. The van der Waals surface area contributed by atoms with Gasteiger partial charge in [0.2, 0.25) is 5.91 Å². The molecule has 7 heteroatoms. The van der Waals surface area contributed by atoms with Crippen LogP contribution in [0.4, 0.5) is 0 Å². The first-order valence-electron chi connectivity index (χ1n) is 19.6. The molecule has 0 fully saturated rings. The maximum absolute atomic E-state index is 12.5. The van der Waals surface area contributed by atoms with Gasteiger partial charge in [0.05, 0.1) is 17.9 Å². The number of amides is 1. The molecule has 0 spiro atoms. The summed E-state index contributed by atoms with van der Waals surface area (Å²) in [6, 6.07) is -1.11. The number of hydrogen-bond donors (Lipinski definition) is 3.